The first-order chi connectivity index (χ1) is 6.13. The van der Waals surface area contributed by atoms with Crippen LogP contribution in [0.1, 0.15) is 6.92 Å². The minimum Gasteiger partial charge on any atom is -0.488 e. The van der Waals surface area contributed by atoms with Crippen molar-refractivity contribution in [1.82, 2.24) is 0 Å². The van der Waals surface area contributed by atoms with Gasteiger partial charge in [0.15, 0.2) is 0 Å². The maximum absolute atomic E-state index is 5.88. The Balaban J connectivity index is 2.77. The summed E-state index contributed by atoms with van der Waals surface area (Å²) in [6, 6.07) is 5.09. The van der Waals surface area contributed by atoms with Crippen molar-refractivity contribution in [1.29, 1.82) is 0 Å². The molecule has 4 heteroatoms. The average Bonchev–Trinajstić information content (AvgIpc) is 2.09. The van der Waals surface area contributed by atoms with Gasteiger partial charge in [0.05, 0.1) is 10.9 Å². The Bertz CT molecular complexity index is 288. The lowest BCUT2D eigenvalue weighted by Crippen LogP contribution is -2.13. The molecule has 0 saturated heterocycles. The summed E-state index contributed by atoms with van der Waals surface area (Å²) in [6.07, 6.45) is -0.0552. The molecule has 0 aliphatic rings. The lowest BCUT2D eigenvalue weighted by molar-refractivity contribution is 0.245. The summed E-state index contributed by atoms with van der Waals surface area (Å²) in [5.74, 6) is 1.04. The molecule has 0 spiro atoms. The minimum absolute atomic E-state index is 0.0552. The van der Waals surface area contributed by atoms with Crippen LogP contribution in [0.15, 0.2) is 18.2 Å². The number of hydrogen-bond acceptors (Lipinski definition) is 1. The molecule has 0 heterocycles. The summed E-state index contributed by atoms with van der Waals surface area (Å²) in [5, 5.41) is 1.10. The normalized spacial score (nSPS) is 12.6. The van der Waals surface area contributed by atoms with Crippen LogP contribution >= 0.6 is 34.8 Å². The van der Waals surface area contributed by atoms with E-state index < -0.39 is 0 Å². The highest BCUT2D eigenvalue weighted by Gasteiger charge is 2.06. The van der Waals surface area contributed by atoms with Crippen LogP contribution in [0.4, 0.5) is 0 Å². The van der Waals surface area contributed by atoms with Crippen molar-refractivity contribution in [3.8, 4) is 5.75 Å². The van der Waals surface area contributed by atoms with Crippen molar-refractivity contribution < 1.29 is 4.74 Å². The average molecular weight is 240 g/mol. The van der Waals surface area contributed by atoms with Gasteiger partial charge in [-0.25, -0.2) is 0 Å². The fourth-order valence-corrected chi connectivity index (χ4v) is 1.34. The van der Waals surface area contributed by atoms with Crippen LogP contribution in [0, 0.1) is 0 Å². The van der Waals surface area contributed by atoms with Crippen LogP contribution in [0.2, 0.25) is 10.0 Å². The van der Waals surface area contributed by atoms with Crippen molar-refractivity contribution in [2.75, 3.05) is 5.88 Å². The summed E-state index contributed by atoms with van der Waals surface area (Å²) in [6.45, 7) is 1.87. The number of rotatable bonds is 3. The molecule has 0 aliphatic carbocycles. The number of halogens is 3. The van der Waals surface area contributed by atoms with Gasteiger partial charge in [0.2, 0.25) is 0 Å². The molecule has 1 unspecified atom stereocenters. The Morgan fingerprint density at radius 2 is 2.08 bits per heavy atom. The van der Waals surface area contributed by atoms with Crippen LogP contribution in [0.25, 0.3) is 0 Å². The van der Waals surface area contributed by atoms with E-state index >= 15 is 0 Å². The van der Waals surface area contributed by atoms with E-state index in [1.165, 1.54) is 0 Å². The number of benzene rings is 1. The van der Waals surface area contributed by atoms with Gasteiger partial charge in [0.25, 0.3) is 0 Å². The zero-order valence-corrected chi connectivity index (χ0v) is 9.33. The quantitative estimate of drug-likeness (QED) is 0.725. The number of alkyl halides is 1. The topological polar surface area (TPSA) is 9.23 Å². The lowest BCUT2D eigenvalue weighted by Gasteiger charge is -2.12. The third-order valence-electron chi connectivity index (χ3n) is 1.44. The van der Waals surface area contributed by atoms with Gasteiger partial charge >= 0.3 is 0 Å². The fraction of sp³-hybridized carbons (Fsp3) is 0.333. The Morgan fingerprint density at radius 1 is 1.38 bits per heavy atom. The van der Waals surface area contributed by atoms with E-state index in [4.69, 9.17) is 39.5 Å². The first-order valence-corrected chi connectivity index (χ1v) is 5.10. The van der Waals surface area contributed by atoms with Crippen LogP contribution in [-0.2, 0) is 0 Å². The minimum atomic E-state index is -0.0552. The molecular formula is C9H9Cl3O. The van der Waals surface area contributed by atoms with Gasteiger partial charge in [-0.2, -0.15) is 0 Å². The predicted molar refractivity (Wildman–Crippen MR) is 57.3 cm³/mol. The highest BCUT2D eigenvalue weighted by atomic mass is 35.5. The van der Waals surface area contributed by atoms with Crippen molar-refractivity contribution in [2.45, 2.75) is 13.0 Å². The second-order valence-electron chi connectivity index (χ2n) is 2.66. The Labute approximate surface area is 92.5 Å². The third kappa shape index (κ3) is 3.26. The largest absolute Gasteiger partial charge is 0.488 e. The van der Waals surface area contributed by atoms with Crippen molar-refractivity contribution in [3.63, 3.8) is 0 Å². The summed E-state index contributed by atoms with van der Waals surface area (Å²) in [4.78, 5) is 0. The van der Waals surface area contributed by atoms with Gasteiger partial charge in [0.1, 0.15) is 11.9 Å². The van der Waals surface area contributed by atoms with E-state index in [9.17, 15) is 0 Å². The predicted octanol–water partition coefficient (Wildman–Crippen LogP) is 4.00. The highest BCUT2D eigenvalue weighted by molar-refractivity contribution is 6.35. The number of ether oxygens (including phenoxy) is 1. The Kier molecular flexibility index (Phi) is 4.17. The second-order valence-corrected chi connectivity index (χ2v) is 3.81. The lowest BCUT2D eigenvalue weighted by atomic mass is 10.3. The Hall–Kier alpha value is -0.110. The van der Waals surface area contributed by atoms with Gasteiger partial charge in [-0.15, -0.1) is 11.6 Å². The zero-order valence-electron chi connectivity index (χ0n) is 7.06. The smallest absolute Gasteiger partial charge is 0.138 e. The van der Waals surface area contributed by atoms with E-state index in [0.717, 1.165) is 0 Å². The molecule has 0 N–H and O–H groups in total. The SMILES string of the molecule is CC(CCl)Oc1ccc(Cl)cc1Cl. The van der Waals surface area contributed by atoms with Gasteiger partial charge < -0.3 is 4.74 Å². The van der Waals surface area contributed by atoms with Crippen LogP contribution in [-0.4, -0.2) is 12.0 Å². The standard InChI is InChI=1S/C9H9Cl3O/c1-6(5-10)13-9-3-2-7(11)4-8(9)12/h2-4,6H,5H2,1H3. The maximum atomic E-state index is 5.88. The van der Waals surface area contributed by atoms with E-state index in [-0.39, 0.29) is 6.10 Å². The molecule has 0 radical (unpaired) electrons. The van der Waals surface area contributed by atoms with Crippen LogP contribution in [0.3, 0.4) is 0 Å². The van der Waals surface area contributed by atoms with Crippen LogP contribution < -0.4 is 4.74 Å². The molecule has 0 saturated carbocycles. The molecule has 0 aliphatic heterocycles. The summed E-state index contributed by atoms with van der Waals surface area (Å²) in [5.41, 5.74) is 0. The third-order valence-corrected chi connectivity index (χ3v) is 2.40. The summed E-state index contributed by atoms with van der Waals surface area (Å²) < 4.78 is 5.43. The highest BCUT2D eigenvalue weighted by Crippen LogP contribution is 2.28. The molecule has 1 aromatic carbocycles. The van der Waals surface area contributed by atoms with Crippen molar-refractivity contribution >= 4 is 34.8 Å². The van der Waals surface area contributed by atoms with E-state index in [0.29, 0.717) is 21.7 Å². The molecule has 1 atom stereocenters. The van der Waals surface area contributed by atoms with E-state index in [1.54, 1.807) is 18.2 Å². The van der Waals surface area contributed by atoms with E-state index in [2.05, 4.69) is 0 Å². The molecule has 0 bridgehead atoms. The van der Waals surface area contributed by atoms with Gasteiger partial charge in [-0.3, -0.25) is 0 Å². The van der Waals surface area contributed by atoms with Gasteiger partial charge in [-0.1, -0.05) is 23.2 Å². The maximum Gasteiger partial charge on any atom is 0.138 e. The molecule has 1 rings (SSSR count). The number of hydrogen-bond donors (Lipinski definition) is 0. The molecule has 13 heavy (non-hydrogen) atoms. The molecule has 1 nitrogen and oxygen atoms in total. The van der Waals surface area contributed by atoms with Crippen molar-refractivity contribution in [3.05, 3.63) is 28.2 Å². The monoisotopic (exact) mass is 238 g/mol. The van der Waals surface area contributed by atoms with Gasteiger partial charge in [0, 0.05) is 5.02 Å². The molecule has 0 fully saturated rings. The second kappa shape index (κ2) is 4.94. The van der Waals surface area contributed by atoms with Crippen LogP contribution in [0.5, 0.6) is 5.75 Å². The first kappa shape index (κ1) is 11.0. The molecule has 0 amide bonds. The van der Waals surface area contributed by atoms with E-state index in [1.807, 2.05) is 6.92 Å². The summed E-state index contributed by atoms with van der Waals surface area (Å²) >= 11 is 17.2. The molecule has 0 aromatic heterocycles. The van der Waals surface area contributed by atoms with Gasteiger partial charge in [-0.05, 0) is 25.1 Å². The Morgan fingerprint density at radius 3 is 2.62 bits per heavy atom. The first-order valence-electron chi connectivity index (χ1n) is 3.81. The fourth-order valence-electron chi connectivity index (χ4n) is 0.819. The molecular weight excluding hydrogens is 230 g/mol. The molecule has 72 valence electrons. The summed E-state index contributed by atoms with van der Waals surface area (Å²) in [7, 11) is 0. The van der Waals surface area contributed by atoms with Crippen molar-refractivity contribution in [2.24, 2.45) is 0 Å². The molecule has 1 aromatic rings. The zero-order chi connectivity index (χ0) is 9.84.